The lowest BCUT2D eigenvalue weighted by Gasteiger charge is -2.26. The van der Waals surface area contributed by atoms with Gasteiger partial charge in [-0.3, -0.25) is 0 Å². The van der Waals surface area contributed by atoms with Gasteiger partial charge in [0, 0.05) is 17.6 Å². The van der Waals surface area contributed by atoms with E-state index in [9.17, 15) is 0 Å². The summed E-state index contributed by atoms with van der Waals surface area (Å²) in [6.07, 6.45) is 5.13. The van der Waals surface area contributed by atoms with E-state index < -0.39 is 0 Å². The van der Waals surface area contributed by atoms with Crippen LogP contribution in [0, 0.1) is 0 Å². The molecule has 1 aromatic heterocycles. The second-order valence-electron chi connectivity index (χ2n) is 6.88. The monoisotopic (exact) mass is 334 g/mol. The van der Waals surface area contributed by atoms with E-state index in [0.717, 1.165) is 24.2 Å². The number of H-pyrrole nitrogens is 1. The first-order valence-electron chi connectivity index (χ1n) is 9.32. The molecule has 25 heavy (non-hydrogen) atoms. The highest BCUT2D eigenvalue weighted by Gasteiger charge is 2.17. The number of nitrogens with one attached hydrogen (secondary N) is 1. The van der Waals surface area contributed by atoms with Crippen molar-refractivity contribution in [1.29, 1.82) is 0 Å². The molecule has 0 atom stereocenters. The largest absolute Gasteiger partial charge is 0.495 e. The topological polar surface area (TPSA) is 28.3 Å². The average Bonchev–Trinajstić information content (AvgIpc) is 3.06. The summed E-state index contributed by atoms with van der Waals surface area (Å²) >= 11 is 0. The van der Waals surface area contributed by atoms with E-state index in [4.69, 9.17) is 4.74 Å². The Hall–Kier alpha value is -2.26. The third kappa shape index (κ3) is 3.29. The molecule has 1 aliphatic heterocycles. The van der Waals surface area contributed by atoms with Gasteiger partial charge in [0.2, 0.25) is 0 Å². The van der Waals surface area contributed by atoms with E-state index in [-0.39, 0.29) is 0 Å². The summed E-state index contributed by atoms with van der Waals surface area (Å²) in [6, 6.07) is 17.0. The van der Waals surface area contributed by atoms with E-state index in [1.165, 1.54) is 54.6 Å². The van der Waals surface area contributed by atoms with Crippen LogP contribution >= 0.6 is 0 Å². The number of likely N-dealkylation sites (tertiary alicyclic amines) is 1. The molecule has 4 rings (SSSR count). The normalized spacial score (nSPS) is 15.6. The number of piperidine rings is 1. The summed E-state index contributed by atoms with van der Waals surface area (Å²) in [6.45, 7) is 3.61. The van der Waals surface area contributed by atoms with Crippen LogP contribution in [0.15, 0.2) is 48.5 Å². The van der Waals surface area contributed by atoms with Gasteiger partial charge in [0.25, 0.3) is 0 Å². The molecule has 2 aromatic carbocycles. The van der Waals surface area contributed by atoms with Crippen molar-refractivity contribution < 1.29 is 4.74 Å². The number of hydrogen-bond acceptors (Lipinski definition) is 2. The predicted molar refractivity (Wildman–Crippen MR) is 104 cm³/mol. The Bertz CT molecular complexity index is 832. The molecule has 1 N–H and O–H groups in total. The van der Waals surface area contributed by atoms with Crippen LogP contribution in [-0.4, -0.2) is 36.6 Å². The summed E-state index contributed by atoms with van der Waals surface area (Å²) in [7, 11) is 1.74. The lowest BCUT2D eigenvalue weighted by atomic mass is 10.0. The minimum atomic E-state index is 0.916. The van der Waals surface area contributed by atoms with Crippen LogP contribution in [0.25, 0.3) is 22.2 Å². The van der Waals surface area contributed by atoms with Crippen LogP contribution in [0.1, 0.15) is 24.8 Å². The second-order valence-corrected chi connectivity index (χ2v) is 6.88. The van der Waals surface area contributed by atoms with E-state index in [1.807, 2.05) is 6.07 Å². The third-order valence-electron chi connectivity index (χ3n) is 5.31. The van der Waals surface area contributed by atoms with Crippen molar-refractivity contribution in [3.05, 3.63) is 54.1 Å². The Kier molecular flexibility index (Phi) is 4.75. The maximum absolute atomic E-state index is 5.58. The van der Waals surface area contributed by atoms with Crippen LogP contribution in [0.3, 0.4) is 0 Å². The molecule has 0 saturated carbocycles. The molecular formula is C22H26N2O. The molecule has 0 amide bonds. The number of rotatable bonds is 5. The van der Waals surface area contributed by atoms with Crippen molar-refractivity contribution in [2.45, 2.75) is 25.7 Å². The first-order chi connectivity index (χ1) is 12.4. The molecule has 0 aliphatic carbocycles. The molecule has 3 nitrogen and oxygen atoms in total. The summed E-state index contributed by atoms with van der Waals surface area (Å²) in [5.41, 5.74) is 5.00. The number of ether oxygens (including phenoxy) is 1. The molecule has 0 unspecified atom stereocenters. The van der Waals surface area contributed by atoms with Crippen LogP contribution in [0.4, 0.5) is 0 Å². The molecule has 0 bridgehead atoms. The van der Waals surface area contributed by atoms with Crippen molar-refractivity contribution in [2.75, 3.05) is 26.7 Å². The number of benzene rings is 2. The summed E-state index contributed by atoms with van der Waals surface area (Å²) in [4.78, 5) is 6.25. The smallest absolute Gasteiger partial charge is 0.142 e. The van der Waals surface area contributed by atoms with E-state index in [2.05, 4.69) is 52.3 Å². The first-order valence-corrected chi connectivity index (χ1v) is 9.32. The number of methoxy groups -OCH3 is 1. The number of fused-ring (bicyclic) bond motifs is 1. The highest BCUT2D eigenvalue weighted by molar-refractivity contribution is 5.94. The predicted octanol–water partition coefficient (Wildman–Crippen LogP) is 4.87. The van der Waals surface area contributed by atoms with Crippen LogP contribution < -0.4 is 4.74 Å². The van der Waals surface area contributed by atoms with Crippen molar-refractivity contribution in [1.82, 2.24) is 9.88 Å². The lowest BCUT2D eigenvalue weighted by Crippen LogP contribution is -2.31. The van der Waals surface area contributed by atoms with Gasteiger partial charge in [-0.25, -0.2) is 0 Å². The Morgan fingerprint density at radius 2 is 1.76 bits per heavy atom. The number of para-hydroxylation sites is 1. The quantitative estimate of drug-likeness (QED) is 0.721. The zero-order chi connectivity index (χ0) is 17.1. The van der Waals surface area contributed by atoms with Crippen LogP contribution in [0.5, 0.6) is 5.75 Å². The van der Waals surface area contributed by atoms with Crippen molar-refractivity contribution in [2.24, 2.45) is 0 Å². The van der Waals surface area contributed by atoms with Gasteiger partial charge >= 0.3 is 0 Å². The van der Waals surface area contributed by atoms with Gasteiger partial charge in [-0.1, -0.05) is 48.9 Å². The van der Waals surface area contributed by atoms with Crippen molar-refractivity contribution in [3.63, 3.8) is 0 Å². The van der Waals surface area contributed by atoms with Gasteiger partial charge in [-0.2, -0.15) is 0 Å². The van der Waals surface area contributed by atoms with Gasteiger partial charge in [-0.15, -0.1) is 0 Å². The molecule has 0 radical (unpaired) electrons. The SMILES string of the molecule is COc1cccc2c(CCN3CCCCC3)c(-c3ccccc3)[nH]c12. The molecule has 1 saturated heterocycles. The van der Waals surface area contributed by atoms with E-state index >= 15 is 0 Å². The first kappa shape index (κ1) is 16.2. The third-order valence-corrected chi connectivity index (χ3v) is 5.31. The number of aromatic nitrogens is 1. The molecule has 0 spiro atoms. The fraction of sp³-hybridized carbons (Fsp3) is 0.364. The maximum atomic E-state index is 5.58. The Morgan fingerprint density at radius 1 is 0.960 bits per heavy atom. The summed E-state index contributed by atoms with van der Waals surface area (Å²) in [5, 5.41) is 1.29. The lowest BCUT2D eigenvalue weighted by molar-refractivity contribution is 0.232. The Morgan fingerprint density at radius 3 is 2.52 bits per heavy atom. The molecular weight excluding hydrogens is 308 g/mol. The molecule has 1 aliphatic rings. The van der Waals surface area contributed by atoms with Gasteiger partial charge in [0.15, 0.2) is 0 Å². The zero-order valence-electron chi connectivity index (χ0n) is 14.9. The number of hydrogen-bond donors (Lipinski definition) is 1. The second kappa shape index (κ2) is 7.32. The number of aromatic amines is 1. The minimum absolute atomic E-state index is 0.916. The van der Waals surface area contributed by atoms with Crippen molar-refractivity contribution >= 4 is 10.9 Å². The highest BCUT2D eigenvalue weighted by atomic mass is 16.5. The minimum Gasteiger partial charge on any atom is -0.495 e. The van der Waals surface area contributed by atoms with E-state index in [0.29, 0.717) is 0 Å². The molecule has 130 valence electrons. The van der Waals surface area contributed by atoms with Gasteiger partial charge in [0.05, 0.1) is 12.6 Å². The number of nitrogens with zero attached hydrogens (tertiary/aromatic N) is 1. The van der Waals surface area contributed by atoms with Crippen LogP contribution in [-0.2, 0) is 6.42 Å². The fourth-order valence-corrected chi connectivity index (χ4v) is 3.98. The van der Waals surface area contributed by atoms with Gasteiger partial charge in [-0.05, 0) is 49.5 Å². The summed E-state index contributed by atoms with van der Waals surface area (Å²) < 4.78 is 5.58. The Labute approximate surface area is 149 Å². The fourth-order valence-electron chi connectivity index (χ4n) is 3.98. The molecule has 2 heterocycles. The maximum Gasteiger partial charge on any atom is 0.142 e. The summed E-state index contributed by atoms with van der Waals surface area (Å²) in [5.74, 6) is 0.916. The highest BCUT2D eigenvalue weighted by Crippen LogP contribution is 2.35. The van der Waals surface area contributed by atoms with Crippen LogP contribution in [0.2, 0.25) is 0 Å². The van der Waals surface area contributed by atoms with Gasteiger partial charge < -0.3 is 14.6 Å². The average molecular weight is 334 g/mol. The Balaban J connectivity index is 1.74. The molecule has 3 heteroatoms. The molecule has 3 aromatic rings. The standard InChI is InChI=1S/C22H26N2O/c1-25-20-12-8-11-18-19(13-16-24-14-6-3-7-15-24)21(23-22(18)20)17-9-4-2-5-10-17/h2,4-5,8-12,23H,3,6-7,13-16H2,1H3. The zero-order valence-corrected chi connectivity index (χ0v) is 14.9. The molecule has 1 fully saturated rings. The van der Waals surface area contributed by atoms with Gasteiger partial charge in [0.1, 0.15) is 5.75 Å². The van der Waals surface area contributed by atoms with E-state index in [1.54, 1.807) is 7.11 Å². The van der Waals surface area contributed by atoms with Crippen molar-refractivity contribution in [3.8, 4) is 17.0 Å².